The summed E-state index contributed by atoms with van der Waals surface area (Å²) in [6.45, 7) is 1.74. The number of ether oxygens (including phenoxy) is 1. The van der Waals surface area contributed by atoms with E-state index in [-0.39, 0.29) is 18.0 Å². The van der Waals surface area contributed by atoms with Crippen molar-refractivity contribution in [3.63, 3.8) is 0 Å². The quantitative estimate of drug-likeness (QED) is 0.473. The number of anilines is 1. The molecule has 0 unspecified atom stereocenters. The van der Waals surface area contributed by atoms with E-state index in [1.807, 2.05) is 31.2 Å². The van der Waals surface area contributed by atoms with Crippen LogP contribution in [0.15, 0.2) is 70.1 Å². The van der Waals surface area contributed by atoms with Crippen molar-refractivity contribution in [2.75, 3.05) is 12.4 Å². The molecule has 0 spiro atoms. The van der Waals surface area contributed by atoms with Crippen LogP contribution in [0.5, 0.6) is 5.75 Å². The van der Waals surface area contributed by atoms with Gasteiger partial charge < -0.3 is 19.1 Å². The van der Waals surface area contributed by atoms with Crippen molar-refractivity contribution in [1.82, 2.24) is 14.7 Å². The van der Waals surface area contributed by atoms with Gasteiger partial charge in [0.15, 0.2) is 0 Å². The number of nitrogens with zero attached hydrogens (tertiary/aromatic N) is 3. The molecule has 0 aliphatic heterocycles. The third-order valence-corrected chi connectivity index (χ3v) is 5.11. The van der Waals surface area contributed by atoms with Crippen molar-refractivity contribution < 1.29 is 14.1 Å². The number of hydrogen-bond acceptors (Lipinski definition) is 6. The third kappa shape index (κ3) is 4.40. The maximum Gasteiger partial charge on any atom is 0.263 e. The maximum absolute atomic E-state index is 12.9. The minimum Gasteiger partial charge on any atom is -0.495 e. The predicted molar refractivity (Wildman–Crippen MR) is 121 cm³/mol. The Kier molecular flexibility index (Phi) is 6.04. The molecule has 0 aliphatic carbocycles. The summed E-state index contributed by atoms with van der Waals surface area (Å²) in [6, 6.07) is 15.7. The zero-order chi connectivity index (χ0) is 22.7. The van der Waals surface area contributed by atoms with Crippen LogP contribution in [0, 0.1) is 6.92 Å². The van der Waals surface area contributed by atoms with Crippen LogP contribution in [0.1, 0.15) is 5.56 Å². The molecule has 8 nitrogen and oxygen atoms in total. The van der Waals surface area contributed by atoms with Crippen LogP contribution < -0.4 is 15.6 Å². The summed E-state index contributed by atoms with van der Waals surface area (Å²) in [5, 5.41) is 7.07. The lowest BCUT2D eigenvalue weighted by Crippen LogP contribution is -2.28. The molecule has 2 aromatic carbocycles. The number of halogens is 1. The van der Waals surface area contributed by atoms with Crippen LogP contribution in [0.2, 0.25) is 5.02 Å². The second-order valence-electron chi connectivity index (χ2n) is 6.99. The van der Waals surface area contributed by atoms with E-state index in [0.717, 1.165) is 11.1 Å². The van der Waals surface area contributed by atoms with Gasteiger partial charge in [-0.1, -0.05) is 41.0 Å². The van der Waals surface area contributed by atoms with Crippen molar-refractivity contribution in [2.24, 2.45) is 0 Å². The number of hydrogen-bond donors (Lipinski definition) is 1. The zero-order valence-electron chi connectivity index (χ0n) is 17.3. The largest absolute Gasteiger partial charge is 0.495 e. The predicted octanol–water partition coefficient (Wildman–Crippen LogP) is 4.17. The maximum atomic E-state index is 12.9. The van der Waals surface area contributed by atoms with E-state index < -0.39 is 11.5 Å². The molecule has 2 heterocycles. The number of carbonyl (C=O) groups excluding carboxylic acids is 1. The Morgan fingerprint density at radius 1 is 1.16 bits per heavy atom. The lowest BCUT2D eigenvalue weighted by atomic mass is 10.1. The van der Waals surface area contributed by atoms with Crippen LogP contribution in [0.3, 0.4) is 0 Å². The Balaban J connectivity index is 1.54. The number of methoxy groups -OCH3 is 1. The van der Waals surface area contributed by atoms with Gasteiger partial charge in [-0.25, -0.2) is 0 Å². The highest BCUT2D eigenvalue weighted by atomic mass is 35.5. The van der Waals surface area contributed by atoms with E-state index in [2.05, 4.69) is 15.5 Å². The number of benzene rings is 2. The number of aryl methyl sites for hydroxylation is 1. The van der Waals surface area contributed by atoms with Crippen LogP contribution in [0.4, 0.5) is 5.69 Å². The molecule has 1 amide bonds. The number of pyridine rings is 1. The van der Waals surface area contributed by atoms with Gasteiger partial charge in [-0.15, -0.1) is 0 Å². The van der Waals surface area contributed by atoms with Gasteiger partial charge >= 0.3 is 0 Å². The fraction of sp³-hybridized carbons (Fsp3) is 0.130. The van der Waals surface area contributed by atoms with Crippen LogP contribution in [-0.4, -0.2) is 27.7 Å². The average molecular weight is 451 g/mol. The van der Waals surface area contributed by atoms with E-state index in [1.165, 1.54) is 17.9 Å². The number of aromatic nitrogens is 3. The standard InChI is InChI=1S/C23H19ClN4O4/c1-14-6-3-4-7-16(14)21-26-22(32-27-21)17-8-5-11-28(23(17)30)13-20(29)25-15-9-10-19(31-2)18(24)12-15/h3-12H,13H2,1-2H3,(H,25,29). The number of carbonyl (C=O) groups is 1. The monoisotopic (exact) mass is 450 g/mol. The van der Waals surface area contributed by atoms with Gasteiger partial charge in [0.25, 0.3) is 11.4 Å². The minimum atomic E-state index is -0.421. The molecular weight excluding hydrogens is 432 g/mol. The molecule has 0 saturated heterocycles. The Morgan fingerprint density at radius 3 is 2.69 bits per heavy atom. The van der Waals surface area contributed by atoms with E-state index in [1.54, 1.807) is 30.3 Å². The molecule has 4 rings (SSSR count). The first-order valence-electron chi connectivity index (χ1n) is 9.69. The second kappa shape index (κ2) is 9.07. The smallest absolute Gasteiger partial charge is 0.263 e. The summed E-state index contributed by atoms with van der Waals surface area (Å²) in [5.41, 5.74) is 2.08. The van der Waals surface area contributed by atoms with Gasteiger partial charge in [-0.05, 0) is 42.8 Å². The third-order valence-electron chi connectivity index (χ3n) is 4.81. The first-order valence-corrected chi connectivity index (χ1v) is 10.1. The van der Waals surface area contributed by atoms with Gasteiger partial charge in [-0.2, -0.15) is 4.98 Å². The Bertz CT molecular complexity index is 1350. The lowest BCUT2D eigenvalue weighted by molar-refractivity contribution is -0.116. The Labute approximate surface area is 188 Å². The molecule has 4 aromatic rings. The second-order valence-corrected chi connectivity index (χ2v) is 7.40. The van der Waals surface area contributed by atoms with Crippen LogP contribution >= 0.6 is 11.6 Å². The van der Waals surface area contributed by atoms with Gasteiger partial charge in [0.2, 0.25) is 11.7 Å². The molecule has 0 saturated carbocycles. The number of nitrogens with one attached hydrogen (secondary N) is 1. The Hall–Kier alpha value is -3.91. The summed E-state index contributed by atoms with van der Waals surface area (Å²) >= 11 is 6.09. The highest BCUT2D eigenvalue weighted by Gasteiger charge is 2.17. The summed E-state index contributed by atoms with van der Waals surface area (Å²) in [6.07, 6.45) is 1.52. The highest BCUT2D eigenvalue weighted by Crippen LogP contribution is 2.27. The van der Waals surface area contributed by atoms with E-state index in [9.17, 15) is 9.59 Å². The van der Waals surface area contributed by atoms with Crippen LogP contribution in [0.25, 0.3) is 22.8 Å². The van der Waals surface area contributed by atoms with Gasteiger partial charge in [0.1, 0.15) is 17.9 Å². The molecule has 32 heavy (non-hydrogen) atoms. The van der Waals surface area contributed by atoms with Crippen molar-refractivity contribution >= 4 is 23.2 Å². The molecule has 0 bridgehead atoms. The van der Waals surface area contributed by atoms with Crippen LogP contribution in [-0.2, 0) is 11.3 Å². The van der Waals surface area contributed by atoms with E-state index in [4.69, 9.17) is 20.9 Å². The van der Waals surface area contributed by atoms with Gasteiger partial charge in [-0.3, -0.25) is 9.59 Å². The van der Waals surface area contributed by atoms with Gasteiger partial charge in [0.05, 0.1) is 12.1 Å². The van der Waals surface area contributed by atoms with Gasteiger partial charge in [0, 0.05) is 17.4 Å². The molecule has 0 radical (unpaired) electrons. The molecule has 0 aliphatic rings. The van der Waals surface area contributed by atoms with Crippen molar-refractivity contribution in [3.8, 4) is 28.6 Å². The molecule has 162 valence electrons. The van der Waals surface area contributed by atoms with Crippen molar-refractivity contribution in [1.29, 1.82) is 0 Å². The summed E-state index contributed by atoms with van der Waals surface area (Å²) in [5.74, 6) is 0.585. The van der Waals surface area contributed by atoms with E-state index in [0.29, 0.717) is 22.3 Å². The fourth-order valence-corrected chi connectivity index (χ4v) is 3.45. The first kappa shape index (κ1) is 21.3. The first-order chi connectivity index (χ1) is 15.5. The normalized spacial score (nSPS) is 10.7. The lowest BCUT2D eigenvalue weighted by Gasteiger charge is -2.09. The van der Waals surface area contributed by atoms with E-state index >= 15 is 0 Å². The molecule has 9 heteroatoms. The molecule has 0 atom stereocenters. The highest BCUT2D eigenvalue weighted by molar-refractivity contribution is 6.32. The summed E-state index contributed by atoms with van der Waals surface area (Å²) in [7, 11) is 1.51. The van der Waals surface area contributed by atoms with Crippen molar-refractivity contribution in [2.45, 2.75) is 13.5 Å². The van der Waals surface area contributed by atoms with Crippen molar-refractivity contribution in [3.05, 3.63) is 81.7 Å². The molecule has 1 N–H and O–H groups in total. The number of amides is 1. The summed E-state index contributed by atoms with van der Waals surface area (Å²) < 4.78 is 11.7. The molecule has 2 aromatic heterocycles. The minimum absolute atomic E-state index is 0.0879. The number of rotatable bonds is 6. The molecular formula is C23H19ClN4O4. The molecule has 0 fully saturated rings. The zero-order valence-corrected chi connectivity index (χ0v) is 18.1. The Morgan fingerprint density at radius 2 is 1.94 bits per heavy atom. The topological polar surface area (TPSA) is 99.2 Å². The fourth-order valence-electron chi connectivity index (χ4n) is 3.19. The SMILES string of the molecule is COc1ccc(NC(=O)Cn2cccc(-c3nc(-c4ccccc4C)no3)c2=O)cc1Cl. The average Bonchev–Trinajstić information content (AvgIpc) is 3.25. The summed E-state index contributed by atoms with van der Waals surface area (Å²) in [4.78, 5) is 29.8.